The summed E-state index contributed by atoms with van der Waals surface area (Å²) in [6, 6.07) is 0. The van der Waals surface area contributed by atoms with Crippen molar-refractivity contribution < 1.29 is 14.7 Å². The van der Waals surface area contributed by atoms with Crippen molar-refractivity contribution in [1.82, 2.24) is 10.6 Å². The highest BCUT2D eigenvalue weighted by atomic mass is 16.4. The van der Waals surface area contributed by atoms with Crippen LogP contribution < -0.4 is 10.6 Å². The molecule has 0 aromatic rings. The number of carbonyl (C=O) groups excluding carboxylic acids is 1. The number of hydrogen-bond donors (Lipinski definition) is 3. The maximum atomic E-state index is 12.5. The van der Waals surface area contributed by atoms with Gasteiger partial charge in [0.1, 0.15) is 0 Å². The van der Waals surface area contributed by atoms with E-state index in [1.807, 2.05) is 0 Å². The Bertz CT molecular complexity index is 369. The Hall–Kier alpha value is -1.10. The summed E-state index contributed by atoms with van der Waals surface area (Å²) in [6.07, 6.45) is 3.13. The molecule has 1 amide bonds. The standard InChI is InChI=1S/C14H24N2O3/c1-10(2)14(6-7-15-9-14)11(17)16-8-13(12(18)19)4-3-5-13/h10,15H,3-9H2,1-2H3,(H,16,17)(H,18,19). The van der Waals surface area contributed by atoms with E-state index in [1.54, 1.807) is 0 Å². The fraction of sp³-hybridized carbons (Fsp3) is 0.857. The van der Waals surface area contributed by atoms with Crippen LogP contribution in [0, 0.1) is 16.7 Å². The van der Waals surface area contributed by atoms with Crippen molar-refractivity contribution in [2.45, 2.75) is 39.5 Å². The summed E-state index contributed by atoms with van der Waals surface area (Å²) in [5.41, 5.74) is -1.08. The average molecular weight is 268 g/mol. The van der Waals surface area contributed by atoms with E-state index in [-0.39, 0.29) is 23.8 Å². The van der Waals surface area contributed by atoms with Crippen LogP contribution in [0.25, 0.3) is 0 Å². The second-order valence-corrected chi connectivity index (χ2v) is 6.36. The first-order valence-electron chi connectivity index (χ1n) is 7.15. The Morgan fingerprint density at radius 3 is 2.37 bits per heavy atom. The first-order valence-corrected chi connectivity index (χ1v) is 7.15. The molecule has 0 aromatic carbocycles. The maximum absolute atomic E-state index is 12.5. The Morgan fingerprint density at radius 2 is 2.00 bits per heavy atom. The van der Waals surface area contributed by atoms with Crippen molar-refractivity contribution in [3.63, 3.8) is 0 Å². The van der Waals surface area contributed by atoms with Crippen molar-refractivity contribution >= 4 is 11.9 Å². The van der Waals surface area contributed by atoms with Crippen molar-refractivity contribution in [1.29, 1.82) is 0 Å². The summed E-state index contributed by atoms with van der Waals surface area (Å²) in [5.74, 6) is -0.508. The number of carbonyl (C=O) groups is 2. The molecule has 0 spiro atoms. The Morgan fingerprint density at radius 1 is 1.32 bits per heavy atom. The average Bonchev–Trinajstić information content (AvgIpc) is 2.76. The molecule has 5 nitrogen and oxygen atoms in total. The summed E-state index contributed by atoms with van der Waals surface area (Å²) >= 11 is 0. The molecule has 0 radical (unpaired) electrons. The van der Waals surface area contributed by atoms with E-state index >= 15 is 0 Å². The Labute approximate surface area is 114 Å². The molecule has 19 heavy (non-hydrogen) atoms. The molecule has 2 aliphatic rings. The first-order chi connectivity index (χ1) is 8.93. The molecule has 1 unspecified atom stereocenters. The zero-order valence-electron chi connectivity index (χ0n) is 11.8. The van der Waals surface area contributed by atoms with Gasteiger partial charge in [-0.1, -0.05) is 20.3 Å². The molecule has 1 atom stereocenters. The lowest BCUT2D eigenvalue weighted by molar-refractivity contribution is -0.154. The lowest BCUT2D eigenvalue weighted by Gasteiger charge is -2.39. The number of hydrogen-bond acceptors (Lipinski definition) is 3. The van der Waals surface area contributed by atoms with E-state index in [4.69, 9.17) is 0 Å². The molecule has 2 rings (SSSR count). The van der Waals surface area contributed by atoms with E-state index < -0.39 is 11.4 Å². The fourth-order valence-corrected chi connectivity index (χ4v) is 3.16. The number of rotatable bonds is 5. The van der Waals surface area contributed by atoms with Gasteiger partial charge in [-0.3, -0.25) is 9.59 Å². The molecule has 1 saturated carbocycles. The molecule has 2 fully saturated rings. The minimum Gasteiger partial charge on any atom is -0.481 e. The largest absolute Gasteiger partial charge is 0.481 e. The molecule has 1 aliphatic heterocycles. The van der Waals surface area contributed by atoms with Gasteiger partial charge in [-0.2, -0.15) is 0 Å². The van der Waals surface area contributed by atoms with E-state index in [2.05, 4.69) is 24.5 Å². The fourth-order valence-electron chi connectivity index (χ4n) is 3.16. The van der Waals surface area contributed by atoms with Crippen molar-refractivity contribution in [2.24, 2.45) is 16.7 Å². The van der Waals surface area contributed by atoms with Crippen LogP contribution in [0.4, 0.5) is 0 Å². The molecule has 1 heterocycles. The molecule has 1 aliphatic carbocycles. The SMILES string of the molecule is CC(C)C1(C(=O)NCC2(C(=O)O)CCC2)CCNC1. The summed E-state index contributed by atoms with van der Waals surface area (Å²) in [6.45, 7) is 5.94. The number of nitrogens with one attached hydrogen (secondary N) is 2. The molecule has 1 saturated heterocycles. The van der Waals surface area contributed by atoms with Gasteiger partial charge in [-0.15, -0.1) is 0 Å². The summed E-state index contributed by atoms with van der Waals surface area (Å²) < 4.78 is 0. The van der Waals surface area contributed by atoms with Crippen LogP contribution in [-0.2, 0) is 9.59 Å². The first kappa shape index (κ1) is 14.3. The molecular formula is C14H24N2O3. The van der Waals surface area contributed by atoms with Gasteiger partial charge >= 0.3 is 5.97 Å². The van der Waals surface area contributed by atoms with Crippen LogP contribution in [0.5, 0.6) is 0 Å². The molecule has 0 aromatic heterocycles. The van der Waals surface area contributed by atoms with Crippen LogP contribution in [0.3, 0.4) is 0 Å². The number of amides is 1. The Balaban J connectivity index is 1.99. The topological polar surface area (TPSA) is 78.4 Å². The number of aliphatic carboxylic acids is 1. The van der Waals surface area contributed by atoms with Crippen LogP contribution in [0.15, 0.2) is 0 Å². The van der Waals surface area contributed by atoms with E-state index in [9.17, 15) is 14.7 Å². The normalized spacial score (nSPS) is 29.0. The van der Waals surface area contributed by atoms with Gasteiger partial charge in [0.2, 0.25) is 5.91 Å². The van der Waals surface area contributed by atoms with Gasteiger partial charge in [0.15, 0.2) is 0 Å². The Kier molecular flexibility index (Phi) is 3.85. The molecule has 5 heteroatoms. The lowest BCUT2D eigenvalue weighted by Crippen LogP contribution is -2.52. The van der Waals surface area contributed by atoms with Crippen molar-refractivity contribution in [2.75, 3.05) is 19.6 Å². The second kappa shape index (κ2) is 5.12. The predicted octanol–water partition coefficient (Wildman–Crippen LogP) is 0.993. The highest BCUT2D eigenvalue weighted by molar-refractivity contribution is 5.85. The van der Waals surface area contributed by atoms with Gasteiger partial charge in [-0.05, 0) is 31.7 Å². The molecule has 3 N–H and O–H groups in total. The third-order valence-corrected chi connectivity index (χ3v) is 5.10. The molecule has 0 bridgehead atoms. The second-order valence-electron chi connectivity index (χ2n) is 6.36. The summed E-state index contributed by atoms with van der Waals surface area (Å²) in [5, 5.41) is 15.4. The third-order valence-electron chi connectivity index (χ3n) is 5.10. The number of carboxylic acid groups (broad SMARTS) is 1. The van der Waals surface area contributed by atoms with E-state index in [0.29, 0.717) is 19.4 Å². The minimum absolute atomic E-state index is 0.0139. The van der Waals surface area contributed by atoms with Gasteiger partial charge in [0.05, 0.1) is 10.8 Å². The zero-order chi connectivity index (χ0) is 14.1. The summed E-state index contributed by atoms with van der Waals surface area (Å²) in [4.78, 5) is 23.8. The smallest absolute Gasteiger partial charge is 0.311 e. The van der Waals surface area contributed by atoms with Crippen molar-refractivity contribution in [3.05, 3.63) is 0 Å². The minimum atomic E-state index is -0.776. The van der Waals surface area contributed by atoms with E-state index in [0.717, 1.165) is 19.4 Å². The lowest BCUT2D eigenvalue weighted by atomic mass is 9.68. The van der Waals surface area contributed by atoms with Crippen LogP contribution >= 0.6 is 0 Å². The highest BCUT2D eigenvalue weighted by Crippen LogP contribution is 2.41. The van der Waals surface area contributed by atoms with E-state index in [1.165, 1.54) is 0 Å². The quantitative estimate of drug-likeness (QED) is 0.695. The van der Waals surface area contributed by atoms with Gasteiger partial charge in [-0.25, -0.2) is 0 Å². The number of carboxylic acids is 1. The predicted molar refractivity (Wildman–Crippen MR) is 71.7 cm³/mol. The van der Waals surface area contributed by atoms with Crippen molar-refractivity contribution in [3.8, 4) is 0 Å². The third kappa shape index (κ3) is 2.36. The summed E-state index contributed by atoms with van der Waals surface area (Å²) in [7, 11) is 0. The van der Waals surface area contributed by atoms with Crippen LogP contribution in [0.2, 0.25) is 0 Å². The molecular weight excluding hydrogens is 244 g/mol. The molecule has 108 valence electrons. The maximum Gasteiger partial charge on any atom is 0.311 e. The zero-order valence-corrected chi connectivity index (χ0v) is 11.8. The van der Waals surface area contributed by atoms with Gasteiger partial charge in [0.25, 0.3) is 0 Å². The highest BCUT2D eigenvalue weighted by Gasteiger charge is 2.48. The monoisotopic (exact) mass is 268 g/mol. The van der Waals surface area contributed by atoms with Crippen LogP contribution in [-0.4, -0.2) is 36.6 Å². The van der Waals surface area contributed by atoms with Gasteiger partial charge in [0, 0.05) is 13.1 Å². The van der Waals surface area contributed by atoms with Crippen LogP contribution in [0.1, 0.15) is 39.5 Å². The van der Waals surface area contributed by atoms with Gasteiger partial charge < -0.3 is 15.7 Å².